The van der Waals surface area contributed by atoms with E-state index in [1.807, 2.05) is 6.07 Å². The SMILES string of the molecule is N#Cc1ccc(C(=O)Cn2ncc(Cl)c(Cl)c2=O)cc1. The molecule has 0 atom stereocenters. The standard InChI is InChI=1S/C13H7Cl2N3O2/c14-10-6-17-18(13(20)12(10)15)7-11(19)9-3-1-8(5-16)2-4-9/h1-4,6H,7H2. The number of hydrogen-bond acceptors (Lipinski definition) is 4. The normalized spacial score (nSPS) is 10.1. The summed E-state index contributed by atoms with van der Waals surface area (Å²) >= 11 is 11.3. The van der Waals surface area contributed by atoms with Crippen LogP contribution in [0.5, 0.6) is 0 Å². The van der Waals surface area contributed by atoms with Crippen LogP contribution in [-0.4, -0.2) is 15.6 Å². The van der Waals surface area contributed by atoms with Crippen molar-refractivity contribution in [3.8, 4) is 6.07 Å². The molecule has 0 aliphatic rings. The van der Waals surface area contributed by atoms with Crippen molar-refractivity contribution >= 4 is 29.0 Å². The molecule has 0 N–H and O–H groups in total. The van der Waals surface area contributed by atoms with Crippen LogP contribution in [0.3, 0.4) is 0 Å². The van der Waals surface area contributed by atoms with E-state index in [1.54, 1.807) is 0 Å². The molecule has 1 heterocycles. The second-order valence-corrected chi connectivity index (χ2v) is 4.67. The fourth-order valence-electron chi connectivity index (χ4n) is 1.52. The van der Waals surface area contributed by atoms with E-state index < -0.39 is 5.56 Å². The molecule has 0 fully saturated rings. The van der Waals surface area contributed by atoms with Gasteiger partial charge in [0.1, 0.15) is 11.6 Å². The number of carbonyl (C=O) groups is 1. The minimum atomic E-state index is -0.624. The van der Waals surface area contributed by atoms with E-state index in [9.17, 15) is 9.59 Å². The molecule has 5 nitrogen and oxygen atoms in total. The van der Waals surface area contributed by atoms with Crippen molar-refractivity contribution in [1.82, 2.24) is 9.78 Å². The summed E-state index contributed by atoms with van der Waals surface area (Å²) in [5.41, 5.74) is 0.205. The molecule has 7 heteroatoms. The Bertz CT molecular complexity index is 761. The molecular weight excluding hydrogens is 301 g/mol. The number of aromatic nitrogens is 2. The highest BCUT2D eigenvalue weighted by Gasteiger charge is 2.12. The van der Waals surface area contributed by atoms with Crippen LogP contribution in [0.25, 0.3) is 0 Å². The molecule has 2 aromatic rings. The Hall–Kier alpha value is -2.16. The van der Waals surface area contributed by atoms with Gasteiger partial charge >= 0.3 is 0 Å². The fourth-order valence-corrected chi connectivity index (χ4v) is 1.79. The highest BCUT2D eigenvalue weighted by Crippen LogP contribution is 2.14. The van der Waals surface area contributed by atoms with Gasteiger partial charge in [0, 0.05) is 5.56 Å². The molecule has 20 heavy (non-hydrogen) atoms. The summed E-state index contributed by atoms with van der Waals surface area (Å²) in [6.45, 7) is -0.248. The third kappa shape index (κ3) is 2.87. The van der Waals surface area contributed by atoms with Crippen molar-refractivity contribution in [1.29, 1.82) is 5.26 Å². The number of nitriles is 1. The molecule has 1 aromatic heterocycles. The Morgan fingerprint density at radius 3 is 2.55 bits per heavy atom. The fraction of sp³-hybridized carbons (Fsp3) is 0.0769. The van der Waals surface area contributed by atoms with E-state index in [1.165, 1.54) is 30.5 Å². The van der Waals surface area contributed by atoms with E-state index >= 15 is 0 Å². The Labute approximate surface area is 124 Å². The molecular formula is C13H7Cl2N3O2. The lowest BCUT2D eigenvalue weighted by molar-refractivity contribution is 0.0965. The maximum atomic E-state index is 12.0. The number of ketones is 1. The van der Waals surface area contributed by atoms with E-state index in [2.05, 4.69) is 5.10 Å². The van der Waals surface area contributed by atoms with Crippen LogP contribution in [0.1, 0.15) is 15.9 Å². The monoisotopic (exact) mass is 307 g/mol. The summed E-state index contributed by atoms with van der Waals surface area (Å²) in [6.07, 6.45) is 1.21. The van der Waals surface area contributed by atoms with Crippen molar-refractivity contribution in [2.45, 2.75) is 6.54 Å². The minimum Gasteiger partial charge on any atom is -0.292 e. The van der Waals surface area contributed by atoms with E-state index in [0.717, 1.165) is 4.68 Å². The molecule has 1 aromatic carbocycles. The first-order valence-electron chi connectivity index (χ1n) is 5.47. The van der Waals surface area contributed by atoms with Gasteiger partial charge in [-0.2, -0.15) is 10.4 Å². The average Bonchev–Trinajstić information content (AvgIpc) is 2.48. The lowest BCUT2D eigenvalue weighted by Crippen LogP contribution is -2.27. The highest BCUT2D eigenvalue weighted by atomic mass is 35.5. The third-order valence-corrected chi connectivity index (χ3v) is 3.32. The van der Waals surface area contributed by atoms with Gasteiger partial charge in [-0.05, 0) is 12.1 Å². The number of rotatable bonds is 3. The summed E-state index contributed by atoms with van der Waals surface area (Å²) in [6, 6.07) is 8.04. The topological polar surface area (TPSA) is 75.8 Å². The molecule has 0 aliphatic heterocycles. The van der Waals surface area contributed by atoms with Gasteiger partial charge in [0.05, 0.1) is 22.9 Å². The Morgan fingerprint density at radius 2 is 1.95 bits per heavy atom. The van der Waals surface area contributed by atoms with Crippen LogP contribution in [0.4, 0.5) is 0 Å². The number of hydrogen-bond donors (Lipinski definition) is 0. The highest BCUT2D eigenvalue weighted by molar-refractivity contribution is 6.41. The summed E-state index contributed by atoms with van der Waals surface area (Å²) in [5.74, 6) is -0.317. The zero-order chi connectivity index (χ0) is 14.7. The maximum Gasteiger partial charge on any atom is 0.287 e. The van der Waals surface area contributed by atoms with Gasteiger partial charge < -0.3 is 0 Å². The predicted molar refractivity (Wildman–Crippen MR) is 74.0 cm³/mol. The molecule has 0 unspecified atom stereocenters. The predicted octanol–water partition coefficient (Wildman–Crippen LogP) is 2.30. The van der Waals surface area contributed by atoms with Crippen LogP contribution in [-0.2, 0) is 6.54 Å². The molecule has 0 spiro atoms. The van der Waals surface area contributed by atoms with E-state index in [4.69, 9.17) is 28.5 Å². The van der Waals surface area contributed by atoms with Crippen LogP contribution in [0.2, 0.25) is 10.0 Å². The van der Waals surface area contributed by atoms with Crippen molar-refractivity contribution in [3.63, 3.8) is 0 Å². The van der Waals surface area contributed by atoms with Crippen molar-refractivity contribution < 1.29 is 4.79 Å². The Balaban J connectivity index is 2.26. The lowest BCUT2D eigenvalue weighted by atomic mass is 10.1. The van der Waals surface area contributed by atoms with Gasteiger partial charge in [-0.15, -0.1) is 0 Å². The molecule has 100 valence electrons. The maximum absolute atomic E-state index is 12.0. The average molecular weight is 308 g/mol. The lowest BCUT2D eigenvalue weighted by Gasteiger charge is -2.05. The van der Waals surface area contributed by atoms with Gasteiger partial charge in [0.15, 0.2) is 5.78 Å². The first kappa shape index (κ1) is 14.3. The van der Waals surface area contributed by atoms with Gasteiger partial charge in [-0.25, -0.2) is 4.68 Å². The molecule has 2 rings (SSSR count). The van der Waals surface area contributed by atoms with Crippen LogP contribution < -0.4 is 5.56 Å². The van der Waals surface area contributed by atoms with E-state index in [0.29, 0.717) is 11.1 Å². The Kier molecular flexibility index (Phi) is 4.18. The van der Waals surface area contributed by atoms with Gasteiger partial charge in [-0.3, -0.25) is 9.59 Å². The summed E-state index contributed by atoms with van der Waals surface area (Å²) in [4.78, 5) is 23.7. The van der Waals surface area contributed by atoms with Crippen molar-refractivity contribution in [2.24, 2.45) is 0 Å². The quantitative estimate of drug-likeness (QED) is 0.815. The van der Waals surface area contributed by atoms with Crippen LogP contribution in [0.15, 0.2) is 35.3 Å². The summed E-state index contributed by atoms with van der Waals surface area (Å²) < 4.78 is 0.939. The Morgan fingerprint density at radius 1 is 1.30 bits per heavy atom. The molecule has 0 bridgehead atoms. The molecule has 0 aliphatic carbocycles. The first-order chi connectivity index (χ1) is 9.52. The number of halogens is 2. The van der Waals surface area contributed by atoms with Crippen LogP contribution in [0, 0.1) is 11.3 Å². The number of Topliss-reactive ketones (excluding diaryl/α,β-unsaturated/α-hetero) is 1. The summed E-state index contributed by atoms with van der Waals surface area (Å²) in [5, 5.41) is 12.3. The number of benzene rings is 1. The number of carbonyl (C=O) groups excluding carboxylic acids is 1. The molecule has 0 saturated carbocycles. The number of nitrogens with zero attached hydrogens (tertiary/aromatic N) is 3. The molecule has 0 amide bonds. The zero-order valence-electron chi connectivity index (χ0n) is 10.0. The van der Waals surface area contributed by atoms with Gasteiger partial charge in [-0.1, -0.05) is 35.3 Å². The molecule has 0 radical (unpaired) electrons. The van der Waals surface area contributed by atoms with Crippen LogP contribution >= 0.6 is 23.2 Å². The second-order valence-electron chi connectivity index (χ2n) is 3.88. The molecule has 0 saturated heterocycles. The summed E-state index contributed by atoms with van der Waals surface area (Å²) in [7, 11) is 0. The zero-order valence-corrected chi connectivity index (χ0v) is 11.5. The van der Waals surface area contributed by atoms with Crippen molar-refractivity contribution in [2.75, 3.05) is 0 Å². The second kappa shape index (κ2) is 5.87. The largest absolute Gasteiger partial charge is 0.292 e. The third-order valence-electron chi connectivity index (χ3n) is 2.57. The minimum absolute atomic E-state index is 0.0405. The van der Waals surface area contributed by atoms with Gasteiger partial charge in [0.2, 0.25) is 0 Å². The van der Waals surface area contributed by atoms with Gasteiger partial charge in [0.25, 0.3) is 5.56 Å². The van der Waals surface area contributed by atoms with Crippen molar-refractivity contribution in [3.05, 3.63) is 62.0 Å². The smallest absolute Gasteiger partial charge is 0.287 e. The first-order valence-corrected chi connectivity index (χ1v) is 6.23. The van der Waals surface area contributed by atoms with E-state index in [-0.39, 0.29) is 22.4 Å².